The van der Waals surface area contributed by atoms with Crippen molar-refractivity contribution in [2.45, 2.75) is 17.4 Å². The first-order valence-corrected chi connectivity index (χ1v) is 7.74. The second-order valence-corrected chi connectivity index (χ2v) is 6.12. The van der Waals surface area contributed by atoms with Crippen molar-refractivity contribution in [3.8, 4) is 0 Å². The molecule has 1 aromatic carbocycles. The van der Waals surface area contributed by atoms with Gasteiger partial charge in [-0.2, -0.15) is 13.5 Å². The molecule has 108 valence electrons. The fourth-order valence-electron chi connectivity index (χ4n) is 1.61. The lowest BCUT2D eigenvalue weighted by Crippen LogP contribution is -2.41. The maximum atomic E-state index is 12.2. The van der Waals surface area contributed by atoms with Crippen molar-refractivity contribution < 1.29 is 23.4 Å². The topological polar surface area (TPSA) is 129 Å². The number of hydrogen-bond acceptors (Lipinski definition) is 7. The number of carboxylic acids is 1. The third-order valence-corrected chi connectivity index (χ3v) is 4.60. The molecule has 10 heteroatoms. The average molecular weight is 317 g/mol. The predicted molar refractivity (Wildman–Crippen MR) is 70.9 cm³/mol. The molecular weight excluding hydrogens is 306 g/mol. The van der Waals surface area contributed by atoms with E-state index in [2.05, 4.69) is 8.75 Å². The minimum atomic E-state index is -4.06. The van der Waals surface area contributed by atoms with E-state index in [1.165, 1.54) is 12.1 Å². The molecule has 8 nitrogen and oxygen atoms in total. The largest absolute Gasteiger partial charge is 0.480 e. The molecule has 1 atom stereocenters. The number of hydrogen-bond donors (Lipinski definition) is 3. The highest BCUT2D eigenvalue weighted by molar-refractivity contribution is 7.89. The zero-order valence-corrected chi connectivity index (χ0v) is 11.7. The van der Waals surface area contributed by atoms with E-state index in [-0.39, 0.29) is 16.8 Å². The number of fused-ring (bicyclic) bond motifs is 1. The summed E-state index contributed by atoms with van der Waals surface area (Å²) in [6.07, 6.45) is -0.222. The number of nitrogens with one attached hydrogen (secondary N) is 1. The van der Waals surface area contributed by atoms with Gasteiger partial charge in [-0.3, -0.25) is 4.79 Å². The number of aliphatic carboxylic acids is 1. The Kier molecular flexibility index (Phi) is 4.28. The normalized spacial score (nSPS) is 13.4. The fraction of sp³-hybridized carbons (Fsp3) is 0.300. The Morgan fingerprint density at radius 3 is 2.80 bits per heavy atom. The summed E-state index contributed by atoms with van der Waals surface area (Å²) in [5.41, 5.74) is 0.616. The molecule has 0 amide bonds. The summed E-state index contributed by atoms with van der Waals surface area (Å²) in [4.78, 5) is 10.8. The Hall–Kier alpha value is -1.62. The number of sulfonamides is 1. The summed E-state index contributed by atoms with van der Waals surface area (Å²) in [5.74, 6) is -1.36. The number of carboxylic acid groups (broad SMARTS) is 1. The van der Waals surface area contributed by atoms with Crippen LogP contribution in [0.1, 0.15) is 6.42 Å². The first-order valence-electron chi connectivity index (χ1n) is 5.53. The highest BCUT2D eigenvalue weighted by atomic mass is 32.2. The third kappa shape index (κ3) is 2.93. The first-order chi connectivity index (χ1) is 9.45. The van der Waals surface area contributed by atoms with E-state index in [0.717, 1.165) is 11.7 Å². The van der Waals surface area contributed by atoms with Crippen molar-refractivity contribution in [2.75, 3.05) is 6.61 Å². The van der Waals surface area contributed by atoms with Crippen LogP contribution in [-0.2, 0) is 14.8 Å². The van der Waals surface area contributed by atoms with E-state index in [1.54, 1.807) is 6.07 Å². The van der Waals surface area contributed by atoms with Crippen LogP contribution in [0.25, 0.3) is 11.0 Å². The van der Waals surface area contributed by atoms with Gasteiger partial charge in [0.2, 0.25) is 10.0 Å². The Morgan fingerprint density at radius 2 is 2.15 bits per heavy atom. The van der Waals surface area contributed by atoms with E-state index < -0.39 is 28.6 Å². The summed E-state index contributed by atoms with van der Waals surface area (Å²) >= 11 is 0.870. The summed E-state index contributed by atoms with van der Waals surface area (Å²) in [5, 5.41) is 17.7. The highest BCUT2D eigenvalue weighted by Crippen LogP contribution is 2.21. The number of nitrogens with zero attached hydrogens (tertiary/aromatic N) is 2. The Morgan fingerprint density at radius 1 is 1.40 bits per heavy atom. The minimum Gasteiger partial charge on any atom is -0.480 e. The molecule has 1 aromatic heterocycles. The van der Waals surface area contributed by atoms with Gasteiger partial charge in [0, 0.05) is 6.61 Å². The minimum absolute atomic E-state index is 0.132. The lowest BCUT2D eigenvalue weighted by molar-refractivity contribution is -0.139. The Bertz CT molecular complexity index is 727. The van der Waals surface area contributed by atoms with E-state index in [4.69, 9.17) is 10.2 Å². The van der Waals surface area contributed by atoms with Gasteiger partial charge < -0.3 is 10.2 Å². The van der Waals surface area contributed by atoms with Crippen LogP contribution in [0.2, 0.25) is 0 Å². The summed E-state index contributed by atoms with van der Waals surface area (Å²) in [6, 6.07) is 3.04. The Labute approximate surface area is 118 Å². The van der Waals surface area contributed by atoms with Crippen LogP contribution in [0, 0.1) is 0 Å². The molecule has 0 spiro atoms. The standard InChI is InChI=1S/C10H11N3O5S2/c14-5-4-7(10(15)16)13-20(17,18)8-3-1-2-6-9(8)12-19-11-6/h1-3,7,13-14H,4-5H2,(H,15,16). The molecule has 20 heavy (non-hydrogen) atoms. The molecule has 0 radical (unpaired) electrons. The van der Waals surface area contributed by atoms with Gasteiger partial charge in [0.25, 0.3) is 0 Å². The van der Waals surface area contributed by atoms with Gasteiger partial charge in [-0.15, -0.1) is 0 Å². The molecule has 0 saturated carbocycles. The van der Waals surface area contributed by atoms with E-state index in [1.807, 2.05) is 4.72 Å². The maximum absolute atomic E-state index is 12.2. The van der Waals surface area contributed by atoms with Gasteiger partial charge >= 0.3 is 5.97 Å². The number of carbonyl (C=O) groups is 1. The number of rotatable bonds is 6. The molecule has 0 aliphatic rings. The molecule has 1 heterocycles. The second-order valence-electron chi connectivity index (χ2n) is 3.91. The van der Waals surface area contributed by atoms with E-state index in [0.29, 0.717) is 5.52 Å². The maximum Gasteiger partial charge on any atom is 0.321 e. The molecule has 1 unspecified atom stereocenters. The monoisotopic (exact) mass is 317 g/mol. The molecule has 3 N–H and O–H groups in total. The third-order valence-electron chi connectivity index (χ3n) is 2.55. The van der Waals surface area contributed by atoms with Gasteiger partial charge in [0.15, 0.2) is 0 Å². The van der Waals surface area contributed by atoms with Crippen molar-refractivity contribution in [3.63, 3.8) is 0 Å². The summed E-state index contributed by atoms with van der Waals surface area (Å²) in [7, 11) is -4.06. The van der Waals surface area contributed by atoms with Crippen molar-refractivity contribution in [1.82, 2.24) is 13.5 Å². The van der Waals surface area contributed by atoms with Crippen LogP contribution in [0.15, 0.2) is 23.1 Å². The zero-order valence-electron chi connectivity index (χ0n) is 10.1. The van der Waals surface area contributed by atoms with E-state index >= 15 is 0 Å². The molecule has 0 saturated heterocycles. The molecule has 0 aliphatic heterocycles. The number of aliphatic hydroxyl groups excluding tert-OH is 1. The zero-order chi connectivity index (χ0) is 14.8. The second kappa shape index (κ2) is 5.79. The molecule has 2 aromatic rings. The number of benzene rings is 1. The molecule has 0 fully saturated rings. The predicted octanol–water partition coefficient (Wildman–Crippen LogP) is -0.195. The van der Waals surface area contributed by atoms with Gasteiger partial charge in [0.1, 0.15) is 22.0 Å². The smallest absolute Gasteiger partial charge is 0.321 e. The molecular formula is C10H11N3O5S2. The summed E-state index contributed by atoms with van der Waals surface area (Å²) < 4.78 is 34.3. The van der Waals surface area contributed by atoms with Crippen molar-refractivity contribution >= 4 is 38.8 Å². The van der Waals surface area contributed by atoms with Crippen LogP contribution >= 0.6 is 11.7 Å². The highest BCUT2D eigenvalue weighted by Gasteiger charge is 2.27. The van der Waals surface area contributed by atoms with Crippen LogP contribution in [0.3, 0.4) is 0 Å². The molecule has 2 rings (SSSR count). The van der Waals surface area contributed by atoms with Gasteiger partial charge in [-0.1, -0.05) is 6.07 Å². The average Bonchev–Trinajstić information content (AvgIpc) is 2.85. The number of aromatic nitrogens is 2. The van der Waals surface area contributed by atoms with Crippen molar-refractivity contribution in [3.05, 3.63) is 18.2 Å². The lowest BCUT2D eigenvalue weighted by atomic mass is 10.2. The molecule has 0 aliphatic carbocycles. The van der Waals surface area contributed by atoms with Crippen molar-refractivity contribution in [2.24, 2.45) is 0 Å². The van der Waals surface area contributed by atoms with Gasteiger partial charge in [-0.05, 0) is 18.6 Å². The number of aliphatic hydroxyl groups is 1. The van der Waals surface area contributed by atoms with Gasteiger partial charge in [0.05, 0.1) is 11.7 Å². The molecule has 0 bridgehead atoms. The fourth-order valence-corrected chi connectivity index (χ4v) is 3.60. The van der Waals surface area contributed by atoms with Gasteiger partial charge in [-0.25, -0.2) is 8.42 Å². The Balaban J connectivity index is 2.39. The quantitative estimate of drug-likeness (QED) is 0.673. The van der Waals surface area contributed by atoms with E-state index in [9.17, 15) is 13.2 Å². The first kappa shape index (κ1) is 14.8. The van der Waals surface area contributed by atoms with Crippen molar-refractivity contribution in [1.29, 1.82) is 0 Å². The SMILES string of the molecule is O=C(O)C(CCO)NS(=O)(=O)c1cccc2nsnc12. The van der Waals surface area contributed by atoms with Crippen LogP contribution in [0.4, 0.5) is 0 Å². The van der Waals surface area contributed by atoms with Crippen LogP contribution in [0.5, 0.6) is 0 Å². The van der Waals surface area contributed by atoms with Crippen LogP contribution < -0.4 is 4.72 Å². The lowest BCUT2D eigenvalue weighted by Gasteiger charge is -2.13. The van der Waals surface area contributed by atoms with Crippen LogP contribution in [-0.4, -0.2) is 46.0 Å². The summed E-state index contributed by atoms with van der Waals surface area (Å²) in [6.45, 7) is -0.443.